The predicted molar refractivity (Wildman–Crippen MR) is 111 cm³/mol. The zero-order chi connectivity index (χ0) is 19.7. The normalized spacial score (nSPS) is 17.1. The van der Waals surface area contributed by atoms with Crippen LogP contribution in [-0.2, 0) is 11.3 Å². The van der Waals surface area contributed by atoms with Crippen LogP contribution in [0.3, 0.4) is 0 Å². The van der Waals surface area contributed by atoms with Crippen LogP contribution in [-0.4, -0.2) is 40.1 Å². The summed E-state index contributed by atoms with van der Waals surface area (Å²) in [6.07, 6.45) is 4.69. The number of likely N-dealkylation sites (tertiary alicyclic amines) is 1. The third kappa shape index (κ3) is 3.54. The summed E-state index contributed by atoms with van der Waals surface area (Å²) >= 11 is 1.41. The van der Waals surface area contributed by atoms with Crippen LogP contribution in [0.4, 0.5) is 0 Å². The van der Waals surface area contributed by atoms with Crippen LogP contribution >= 0.6 is 11.3 Å². The molecule has 0 N–H and O–H groups in total. The van der Waals surface area contributed by atoms with Crippen molar-refractivity contribution in [3.05, 3.63) is 47.0 Å². The van der Waals surface area contributed by atoms with Crippen molar-refractivity contribution in [3.8, 4) is 16.2 Å². The summed E-state index contributed by atoms with van der Waals surface area (Å²) < 4.78 is 7.20. The number of carbonyl (C=O) groups excluding carboxylic acids is 1. The highest BCUT2D eigenvalue weighted by molar-refractivity contribution is 7.22. The van der Waals surface area contributed by atoms with Crippen molar-refractivity contribution in [3.63, 3.8) is 0 Å². The van der Waals surface area contributed by atoms with Crippen molar-refractivity contribution < 1.29 is 9.53 Å². The number of benzene rings is 1. The van der Waals surface area contributed by atoms with E-state index in [1.54, 1.807) is 7.11 Å². The van der Waals surface area contributed by atoms with Crippen molar-refractivity contribution >= 4 is 27.5 Å². The fraction of sp³-hybridized carbons (Fsp3) is 0.381. The quantitative estimate of drug-likeness (QED) is 0.676. The van der Waals surface area contributed by atoms with Crippen molar-refractivity contribution in [1.82, 2.24) is 14.5 Å². The van der Waals surface area contributed by atoms with Crippen LogP contribution in [0.15, 0.2) is 41.5 Å². The second-order valence-corrected chi connectivity index (χ2v) is 8.22. The van der Waals surface area contributed by atoms with Gasteiger partial charge in [-0.15, -0.1) is 11.3 Å². The van der Waals surface area contributed by atoms with Crippen LogP contribution in [0.2, 0.25) is 0 Å². The van der Waals surface area contributed by atoms with Gasteiger partial charge in [0.15, 0.2) is 0 Å². The number of methoxy groups -OCH3 is 1. The van der Waals surface area contributed by atoms with Gasteiger partial charge in [-0.25, -0.2) is 4.98 Å². The topological polar surface area (TPSA) is 64.4 Å². The second-order valence-electron chi connectivity index (χ2n) is 7.16. The molecule has 0 unspecified atom stereocenters. The average molecular weight is 398 g/mol. The van der Waals surface area contributed by atoms with Gasteiger partial charge >= 0.3 is 0 Å². The van der Waals surface area contributed by atoms with Gasteiger partial charge in [-0.05, 0) is 62.1 Å². The number of hydrogen-bond acceptors (Lipinski definition) is 5. The Morgan fingerprint density at radius 1 is 1.29 bits per heavy atom. The Labute approximate surface area is 167 Å². The number of fused-ring (bicyclic) bond motifs is 1. The van der Waals surface area contributed by atoms with Crippen molar-refractivity contribution in [2.24, 2.45) is 0 Å². The van der Waals surface area contributed by atoms with Crippen LogP contribution in [0.1, 0.15) is 26.2 Å². The van der Waals surface area contributed by atoms with Crippen LogP contribution in [0.5, 0.6) is 5.75 Å². The molecule has 1 saturated heterocycles. The molecule has 6 nitrogen and oxygen atoms in total. The van der Waals surface area contributed by atoms with Gasteiger partial charge in [0.25, 0.3) is 5.56 Å². The first-order chi connectivity index (χ1) is 13.6. The van der Waals surface area contributed by atoms with Crippen LogP contribution in [0.25, 0.3) is 20.7 Å². The van der Waals surface area contributed by atoms with E-state index in [4.69, 9.17) is 4.74 Å². The van der Waals surface area contributed by atoms with E-state index >= 15 is 0 Å². The Hall–Kier alpha value is -2.67. The highest BCUT2D eigenvalue weighted by Crippen LogP contribution is 2.31. The third-order valence-electron chi connectivity index (χ3n) is 5.31. The van der Waals surface area contributed by atoms with Crippen LogP contribution < -0.4 is 10.3 Å². The minimum absolute atomic E-state index is 0.0117. The number of carbonyl (C=O) groups is 1. The third-order valence-corrected chi connectivity index (χ3v) is 6.47. The minimum Gasteiger partial charge on any atom is -0.497 e. The lowest BCUT2D eigenvalue weighted by Gasteiger charge is -2.33. The zero-order valence-electron chi connectivity index (χ0n) is 16.1. The molecule has 0 spiro atoms. The SMILES string of the molecule is COc1ccc(-c2cc3ncn(CC(=O)N4CCCC[C@H]4C)c(=O)c3s2)cc1. The number of amides is 1. The summed E-state index contributed by atoms with van der Waals surface area (Å²) in [7, 11) is 1.63. The van der Waals surface area contributed by atoms with Gasteiger partial charge in [-0.1, -0.05) is 0 Å². The van der Waals surface area contributed by atoms with Crippen molar-refractivity contribution in [2.45, 2.75) is 38.8 Å². The second kappa shape index (κ2) is 7.75. The molecule has 7 heteroatoms. The number of rotatable bonds is 4. The molecule has 1 amide bonds. The summed E-state index contributed by atoms with van der Waals surface area (Å²) in [5, 5.41) is 0. The lowest BCUT2D eigenvalue weighted by Crippen LogP contribution is -2.44. The highest BCUT2D eigenvalue weighted by atomic mass is 32.1. The van der Waals surface area contributed by atoms with E-state index in [-0.39, 0.29) is 24.1 Å². The molecule has 28 heavy (non-hydrogen) atoms. The lowest BCUT2D eigenvalue weighted by atomic mass is 10.0. The average Bonchev–Trinajstić information content (AvgIpc) is 3.15. The fourth-order valence-corrected chi connectivity index (χ4v) is 4.73. The molecule has 4 rings (SSSR count). The fourth-order valence-electron chi connectivity index (χ4n) is 3.66. The molecular weight excluding hydrogens is 374 g/mol. The number of nitrogens with zero attached hydrogens (tertiary/aromatic N) is 3. The molecule has 1 aromatic carbocycles. The zero-order valence-corrected chi connectivity index (χ0v) is 16.9. The Kier molecular flexibility index (Phi) is 5.17. The maximum Gasteiger partial charge on any atom is 0.271 e. The molecule has 1 atom stereocenters. The molecule has 1 aliphatic heterocycles. The number of piperidine rings is 1. The maximum atomic E-state index is 12.9. The molecule has 1 fully saturated rings. The minimum atomic E-state index is -0.159. The molecule has 0 saturated carbocycles. The smallest absolute Gasteiger partial charge is 0.271 e. The number of hydrogen-bond donors (Lipinski definition) is 0. The molecule has 3 heterocycles. The predicted octanol–water partition coefficient (Wildman–Crippen LogP) is 3.53. The number of ether oxygens (including phenoxy) is 1. The van der Waals surface area contributed by atoms with E-state index in [0.717, 1.165) is 42.0 Å². The molecular formula is C21H23N3O3S. The maximum absolute atomic E-state index is 12.9. The van der Waals surface area contributed by atoms with Gasteiger partial charge < -0.3 is 9.64 Å². The first-order valence-corrected chi connectivity index (χ1v) is 10.3. The Bertz CT molecular complexity index is 1050. The molecule has 3 aromatic rings. The molecule has 146 valence electrons. The molecule has 0 aliphatic carbocycles. The summed E-state index contributed by atoms with van der Waals surface area (Å²) in [5.41, 5.74) is 1.51. The van der Waals surface area contributed by atoms with Gasteiger partial charge in [-0.3, -0.25) is 14.2 Å². The van der Waals surface area contributed by atoms with Crippen molar-refractivity contribution in [1.29, 1.82) is 0 Å². The summed E-state index contributed by atoms with van der Waals surface area (Å²) in [4.78, 5) is 32.9. The van der Waals surface area contributed by atoms with Crippen molar-refractivity contribution in [2.75, 3.05) is 13.7 Å². The first-order valence-electron chi connectivity index (χ1n) is 9.49. The summed E-state index contributed by atoms with van der Waals surface area (Å²) in [6.45, 7) is 2.88. The van der Waals surface area contributed by atoms with Gasteiger partial charge in [0.05, 0.1) is 19.0 Å². The van der Waals surface area contributed by atoms with Gasteiger partial charge in [0, 0.05) is 17.5 Å². The Balaban J connectivity index is 1.61. The Morgan fingerprint density at radius 2 is 2.07 bits per heavy atom. The van der Waals surface area contributed by atoms with Gasteiger partial charge in [0.1, 0.15) is 17.0 Å². The highest BCUT2D eigenvalue weighted by Gasteiger charge is 2.23. The molecule has 1 aliphatic rings. The van der Waals surface area contributed by atoms with Gasteiger partial charge in [-0.2, -0.15) is 0 Å². The molecule has 2 aromatic heterocycles. The molecule has 0 bridgehead atoms. The van der Waals surface area contributed by atoms with E-state index < -0.39 is 0 Å². The monoisotopic (exact) mass is 397 g/mol. The number of aromatic nitrogens is 2. The summed E-state index contributed by atoms with van der Waals surface area (Å²) in [6, 6.07) is 9.86. The lowest BCUT2D eigenvalue weighted by molar-refractivity contribution is -0.135. The molecule has 0 radical (unpaired) electrons. The largest absolute Gasteiger partial charge is 0.497 e. The van der Waals surface area contributed by atoms with Gasteiger partial charge in [0.2, 0.25) is 5.91 Å². The number of thiophene rings is 1. The van der Waals surface area contributed by atoms with E-state index in [1.807, 2.05) is 35.2 Å². The van der Waals surface area contributed by atoms with Crippen LogP contribution in [0, 0.1) is 0 Å². The summed E-state index contributed by atoms with van der Waals surface area (Å²) in [5.74, 6) is 0.776. The first kappa shape index (κ1) is 18.7. The van der Waals surface area contributed by atoms with E-state index in [0.29, 0.717) is 10.2 Å². The van der Waals surface area contributed by atoms with E-state index in [2.05, 4.69) is 11.9 Å². The van der Waals surface area contributed by atoms with E-state index in [9.17, 15) is 9.59 Å². The standard InChI is InChI=1S/C21H23N3O3S/c1-14-5-3-4-10-24(14)19(25)12-23-13-22-17-11-18(28-20(17)21(23)26)15-6-8-16(27-2)9-7-15/h6-9,11,13-14H,3-5,10,12H2,1-2H3/t14-/m1/s1. The van der Waals surface area contributed by atoms with E-state index in [1.165, 1.54) is 22.2 Å². The Morgan fingerprint density at radius 3 is 2.79 bits per heavy atom.